The van der Waals surface area contributed by atoms with Crippen LogP contribution in [0, 0.1) is 0 Å². The van der Waals surface area contributed by atoms with Crippen LogP contribution in [0.1, 0.15) is 27.6 Å². The van der Waals surface area contributed by atoms with Crippen LogP contribution >= 0.6 is 0 Å². The van der Waals surface area contributed by atoms with Gasteiger partial charge in [-0.25, -0.2) is 9.59 Å². The number of ether oxygens (including phenoxy) is 3. The van der Waals surface area contributed by atoms with Crippen LogP contribution in [0.25, 0.3) is 0 Å². The van der Waals surface area contributed by atoms with Gasteiger partial charge in [0, 0.05) is 13.1 Å². The Bertz CT molecular complexity index is 943. The van der Waals surface area contributed by atoms with Crippen molar-refractivity contribution in [2.24, 2.45) is 0 Å². The molecular weight excluding hydrogens is 420 g/mol. The molecule has 0 unspecified atom stereocenters. The van der Waals surface area contributed by atoms with Crippen molar-refractivity contribution in [2.75, 3.05) is 32.9 Å². The summed E-state index contributed by atoms with van der Waals surface area (Å²) in [6.45, 7) is 1.83. The molecule has 10 nitrogen and oxygen atoms in total. The zero-order chi connectivity index (χ0) is 23.3. The first kappa shape index (κ1) is 24.2. The van der Waals surface area contributed by atoms with Crippen molar-refractivity contribution < 1.29 is 38.5 Å². The highest BCUT2D eigenvalue weighted by Crippen LogP contribution is 2.14. The summed E-state index contributed by atoms with van der Waals surface area (Å²) >= 11 is 0. The number of carbonyl (C=O) groups is 4. The average molecular weight is 444 g/mol. The van der Waals surface area contributed by atoms with Gasteiger partial charge in [0.25, 0.3) is 11.8 Å². The van der Waals surface area contributed by atoms with E-state index in [1.54, 1.807) is 25.1 Å². The number of carboxylic acid groups (broad SMARTS) is 1. The second kappa shape index (κ2) is 12.6. The smallest absolute Gasteiger partial charge is 0.338 e. The Balaban J connectivity index is 1.61. The topological polar surface area (TPSA) is 140 Å². The third-order valence-corrected chi connectivity index (χ3v) is 3.96. The van der Waals surface area contributed by atoms with E-state index in [0.717, 1.165) is 0 Å². The minimum absolute atomic E-state index is 0.119. The summed E-state index contributed by atoms with van der Waals surface area (Å²) in [7, 11) is 0. The average Bonchev–Trinajstić information content (AvgIpc) is 2.79. The van der Waals surface area contributed by atoms with E-state index in [4.69, 9.17) is 19.3 Å². The van der Waals surface area contributed by atoms with Crippen LogP contribution in [0.15, 0.2) is 48.5 Å². The number of nitrogens with one attached hydrogen (secondary N) is 2. The summed E-state index contributed by atoms with van der Waals surface area (Å²) in [6.07, 6.45) is 0. The molecule has 0 heterocycles. The van der Waals surface area contributed by atoms with E-state index < -0.39 is 23.8 Å². The Kier molecular flexibility index (Phi) is 9.51. The molecule has 32 heavy (non-hydrogen) atoms. The van der Waals surface area contributed by atoms with Gasteiger partial charge in [-0.3, -0.25) is 9.59 Å². The molecule has 2 aromatic carbocycles. The van der Waals surface area contributed by atoms with E-state index in [2.05, 4.69) is 10.6 Å². The molecule has 0 aliphatic rings. The van der Waals surface area contributed by atoms with Crippen LogP contribution in [0.4, 0.5) is 0 Å². The Hall–Kier alpha value is -4.08. The van der Waals surface area contributed by atoms with Gasteiger partial charge < -0.3 is 30.0 Å². The van der Waals surface area contributed by atoms with Crippen LogP contribution < -0.4 is 20.1 Å². The fraction of sp³-hybridized carbons (Fsp3) is 0.273. The first-order valence-electron chi connectivity index (χ1n) is 9.78. The first-order valence-corrected chi connectivity index (χ1v) is 9.78. The van der Waals surface area contributed by atoms with E-state index in [-0.39, 0.29) is 38.5 Å². The number of hydrogen-bond acceptors (Lipinski definition) is 7. The highest BCUT2D eigenvalue weighted by atomic mass is 16.5. The molecule has 2 amide bonds. The van der Waals surface area contributed by atoms with Gasteiger partial charge in [0.05, 0.1) is 17.7 Å². The van der Waals surface area contributed by atoms with Gasteiger partial charge in [-0.05, 0) is 49.4 Å². The van der Waals surface area contributed by atoms with Crippen molar-refractivity contribution in [3.05, 3.63) is 59.7 Å². The predicted octanol–water partition coefficient (Wildman–Crippen LogP) is 1.25. The number of benzene rings is 2. The van der Waals surface area contributed by atoms with Gasteiger partial charge in [-0.1, -0.05) is 6.07 Å². The largest absolute Gasteiger partial charge is 0.484 e. The zero-order valence-corrected chi connectivity index (χ0v) is 17.5. The number of esters is 1. The van der Waals surface area contributed by atoms with Gasteiger partial charge >= 0.3 is 11.9 Å². The molecule has 10 heteroatoms. The maximum atomic E-state index is 11.9. The lowest BCUT2D eigenvalue weighted by Gasteiger charge is -2.10. The lowest BCUT2D eigenvalue weighted by atomic mass is 10.2. The van der Waals surface area contributed by atoms with E-state index in [9.17, 15) is 19.2 Å². The Morgan fingerprint density at radius 1 is 0.812 bits per heavy atom. The third-order valence-electron chi connectivity index (χ3n) is 3.96. The summed E-state index contributed by atoms with van der Waals surface area (Å²) in [5.74, 6) is -1.59. The second-order valence-electron chi connectivity index (χ2n) is 6.36. The molecule has 0 radical (unpaired) electrons. The van der Waals surface area contributed by atoms with E-state index in [1.165, 1.54) is 30.3 Å². The van der Waals surface area contributed by atoms with Gasteiger partial charge in [0.1, 0.15) is 11.5 Å². The molecule has 0 aliphatic carbocycles. The molecule has 3 N–H and O–H groups in total. The van der Waals surface area contributed by atoms with Gasteiger partial charge in [-0.15, -0.1) is 0 Å². The quantitative estimate of drug-likeness (QED) is 0.328. The molecule has 0 atom stereocenters. The molecular formula is C22H24N2O8. The molecule has 0 bridgehead atoms. The molecule has 170 valence electrons. The van der Waals surface area contributed by atoms with Crippen LogP contribution in [-0.2, 0) is 14.3 Å². The minimum Gasteiger partial charge on any atom is -0.484 e. The second-order valence-corrected chi connectivity index (χ2v) is 6.36. The molecule has 0 saturated heterocycles. The molecule has 0 spiro atoms. The zero-order valence-electron chi connectivity index (χ0n) is 17.5. The SMILES string of the molecule is CCOC(=O)c1cccc(OCC(=O)NCCNC(=O)COc2ccc(C(=O)O)cc2)c1. The van der Waals surface area contributed by atoms with Crippen molar-refractivity contribution >= 4 is 23.8 Å². The standard InChI is InChI=1S/C22H24N2O8/c1-2-30-22(29)16-4-3-5-18(12-16)32-14-20(26)24-11-10-23-19(25)13-31-17-8-6-15(7-9-17)21(27)28/h3-9,12H,2,10-11,13-14H2,1H3,(H,23,25)(H,24,26)(H,27,28). The maximum absolute atomic E-state index is 11.9. The Morgan fingerprint density at radius 2 is 1.41 bits per heavy atom. The highest BCUT2D eigenvalue weighted by Gasteiger charge is 2.09. The molecule has 2 aromatic rings. The lowest BCUT2D eigenvalue weighted by Crippen LogP contribution is -2.38. The molecule has 0 aromatic heterocycles. The Labute approximate surface area is 184 Å². The molecule has 0 fully saturated rings. The van der Waals surface area contributed by atoms with Crippen LogP contribution in [0.3, 0.4) is 0 Å². The first-order chi connectivity index (χ1) is 15.4. The summed E-state index contributed by atoms with van der Waals surface area (Å²) in [5.41, 5.74) is 0.445. The summed E-state index contributed by atoms with van der Waals surface area (Å²) in [4.78, 5) is 46.1. The third kappa shape index (κ3) is 8.34. The van der Waals surface area contributed by atoms with Gasteiger partial charge in [0.15, 0.2) is 13.2 Å². The fourth-order valence-electron chi connectivity index (χ4n) is 2.42. The highest BCUT2D eigenvalue weighted by molar-refractivity contribution is 5.90. The van der Waals surface area contributed by atoms with Gasteiger partial charge in [-0.2, -0.15) is 0 Å². The molecule has 0 aliphatic heterocycles. The van der Waals surface area contributed by atoms with E-state index in [0.29, 0.717) is 17.1 Å². The van der Waals surface area contributed by atoms with Crippen LogP contribution in [0.5, 0.6) is 11.5 Å². The van der Waals surface area contributed by atoms with Crippen molar-refractivity contribution in [1.29, 1.82) is 0 Å². The maximum Gasteiger partial charge on any atom is 0.338 e. The van der Waals surface area contributed by atoms with Gasteiger partial charge in [0.2, 0.25) is 0 Å². The van der Waals surface area contributed by atoms with Crippen molar-refractivity contribution in [2.45, 2.75) is 6.92 Å². The monoisotopic (exact) mass is 444 g/mol. The van der Waals surface area contributed by atoms with Crippen molar-refractivity contribution in [1.82, 2.24) is 10.6 Å². The number of rotatable bonds is 12. The summed E-state index contributed by atoms with van der Waals surface area (Å²) in [5, 5.41) is 14.0. The molecule has 2 rings (SSSR count). The fourth-order valence-corrected chi connectivity index (χ4v) is 2.42. The van der Waals surface area contributed by atoms with Crippen LogP contribution in [0.2, 0.25) is 0 Å². The minimum atomic E-state index is -1.05. The van der Waals surface area contributed by atoms with Crippen molar-refractivity contribution in [3.8, 4) is 11.5 Å². The van der Waals surface area contributed by atoms with E-state index in [1.807, 2.05) is 0 Å². The number of carboxylic acids is 1. The Morgan fingerprint density at radius 3 is 1.97 bits per heavy atom. The summed E-state index contributed by atoms with van der Waals surface area (Å²) < 4.78 is 15.5. The van der Waals surface area contributed by atoms with Crippen LogP contribution in [-0.4, -0.2) is 61.8 Å². The van der Waals surface area contributed by atoms with E-state index >= 15 is 0 Å². The number of hydrogen-bond donors (Lipinski definition) is 3. The normalized spacial score (nSPS) is 10.0. The lowest BCUT2D eigenvalue weighted by molar-refractivity contribution is -0.124. The summed E-state index contributed by atoms with van der Waals surface area (Å²) in [6, 6.07) is 12.0. The predicted molar refractivity (Wildman–Crippen MR) is 113 cm³/mol. The number of carbonyl (C=O) groups excluding carboxylic acids is 3. The number of aromatic carboxylic acids is 1. The number of amides is 2. The van der Waals surface area contributed by atoms with Crippen molar-refractivity contribution in [3.63, 3.8) is 0 Å². The molecule has 0 saturated carbocycles.